The number of nitrogens with zero attached hydrogens (tertiary/aromatic N) is 1. The molecule has 0 bridgehead atoms. The summed E-state index contributed by atoms with van der Waals surface area (Å²) in [6, 6.07) is 9.87. The third-order valence-corrected chi connectivity index (χ3v) is 3.09. The van der Waals surface area contributed by atoms with E-state index in [2.05, 4.69) is 0 Å². The lowest BCUT2D eigenvalue weighted by Crippen LogP contribution is -2.37. The number of hydrogen-bond donors (Lipinski definition) is 2. The SMILES string of the molecule is CC(C)N(CCCc1ccccc1)C(=O)/C=C(\O)C(=O)O. The molecule has 0 saturated heterocycles. The van der Waals surface area contributed by atoms with Gasteiger partial charge in [-0.1, -0.05) is 30.3 Å². The molecule has 5 heteroatoms. The molecule has 0 unspecified atom stereocenters. The minimum Gasteiger partial charge on any atom is -0.502 e. The van der Waals surface area contributed by atoms with Crippen LogP contribution in [-0.2, 0) is 16.0 Å². The van der Waals surface area contributed by atoms with E-state index in [0.29, 0.717) is 6.54 Å². The molecule has 0 heterocycles. The summed E-state index contributed by atoms with van der Waals surface area (Å²) in [7, 11) is 0. The van der Waals surface area contributed by atoms with Crippen LogP contribution in [0.4, 0.5) is 0 Å². The highest BCUT2D eigenvalue weighted by Crippen LogP contribution is 2.07. The highest BCUT2D eigenvalue weighted by atomic mass is 16.4. The van der Waals surface area contributed by atoms with Crippen LogP contribution < -0.4 is 0 Å². The molecule has 0 atom stereocenters. The Labute approximate surface area is 124 Å². The monoisotopic (exact) mass is 291 g/mol. The number of carboxylic acids is 1. The zero-order valence-electron chi connectivity index (χ0n) is 12.3. The molecule has 1 amide bonds. The van der Waals surface area contributed by atoms with Crippen molar-refractivity contribution in [1.82, 2.24) is 4.90 Å². The predicted molar refractivity (Wildman–Crippen MR) is 80.0 cm³/mol. The first-order valence-corrected chi connectivity index (χ1v) is 6.90. The first-order valence-electron chi connectivity index (χ1n) is 6.90. The van der Waals surface area contributed by atoms with E-state index >= 15 is 0 Å². The van der Waals surface area contributed by atoms with Crippen molar-refractivity contribution in [2.24, 2.45) is 0 Å². The number of rotatable bonds is 7. The summed E-state index contributed by atoms with van der Waals surface area (Å²) >= 11 is 0. The van der Waals surface area contributed by atoms with Crippen molar-refractivity contribution in [2.45, 2.75) is 32.7 Å². The molecule has 0 spiro atoms. The van der Waals surface area contributed by atoms with Gasteiger partial charge in [-0.2, -0.15) is 0 Å². The first kappa shape index (κ1) is 16.8. The fourth-order valence-corrected chi connectivity index (χ4v) is 1.98. The van der Waals surface area contributed by atoms with Gasteiger partial charge in [0.05, 0.1) is 6.08 Å². The van der Waals surface area contributed by atoms with Crippen LogP contribution in [0.5, 0.6) is 0 Å². The molecule has 0 aliphatic rings. The Bertz CT molecular complexity index is 508. The van der Waals surface area contributed by atoms with E-state index < -0.39 is 17.6 Å². The maximum Gasteiger partial charge on any atom is 0.371 e. The van der Waals surface area contributed by atoms with Gasteiger partial charge >= 0.3 is 5.97 Å². The van der Waals surface area contributed by atoms with Gasteiger partial charge in [-0.05, 0) is 32.3 Å². The number of aliphatic carboxylic acids is 1. The number of hydrogen-bond acceptors (Lipinski definition) is 3. The topological polar surface area (TPSA) is 77.8 Å². The number of carbonyl (C=O) groups is 2. The number of aryl methyl sites for hydroxylation is 1. The van der Waals surface area contributed by atoms with Crippen LogP contribution in [0, 0.1) is 0 Å². The van der Waals surface area contributed by atoms with E-state index in [4.69, 9.17) is 10.2 Å². The van der Waals surface area contributed by atoms with Crippen LogP contribution in [0.1, 0.15) is 25.8 Å². The third-order valence-electron chi connectivity index (χ3n) is 3.09. The molecule has 5 nitrogen and oxygen atoms in total. The fraction of sp³-hybridized carbons (Fsp3) is 0.375. The molecular formula is C16H21NO4. The van der Waals surface area contributed by atoms with Crippen molar-refractivity contribution in [3.63, 3.8) is 0 Å². The van der Waals surface area contributed by atoms with Crippen LogP contribution in [0.15, 0.2) is 42.2 Å². The predicted octanol–water partition coefficient (Wildman–Crippen LogP) is 2.38. The number of aliphatic hydroxyl groups excluding tert-OH is 1. The van der Waals surface area contributed by atoms with Gasteiger partial charge in [0, 0.05) is 12.6 Å². The van der Waals surface area contributed by atoms with E-state index in [9.17, 15) is 9.59 Å². The van der Waals surface area contributed by atoms with Crippen molar-refractivity contribution in [2.75, 3.05) is 6.54 Å². The number of aliphatic hydroxyl groups is 1. The van der Waals surface area contributed by atoms with Gasteiger partial charge in [0.15, 0.2) is 0 Å². The molecule has 0 aromatic heterocycles. The average molecular weight is 291 g/mol. The van der Waals surface area contributed by atoms with Crippen molar-refractivity contribution in [1.29, 1.82) is 0 Å². The molecule has 0 fully saturated rings. The van der Waals surface area contributed by atoms with Gasteiger partial charge < -0.3 is 15.1 Å². The second-order valence-electron chi connectivity index (χ2n) is 5.05. The quantitative estimate of drug-likeness (QED) is 0.597. The van der Waals surface area contributed by atoms with Crippen molar-refractivity contribution in [3.8, 4) is 0 Å². The minimum atomic E-state index is -1.50. The van der Waals surface area contributed by atoms with Gasteiger partial charge in [-0.3, -0.25) is 4.79 Å². The summed E-state index contributed by atoms with van der Waals surface area (Å²) < 4.78 is 0. The van der Waals surface area contributed by atoms with E-state index in [0.717, 1.165) is 18.9 Å². The molecule has 0 aliphatic carbocycles. The van der Waals surface area contributed by atoms with Crippen LogP contribution in [-0.4, -0.2) is 39.6 Å². The third kappa shape index (κ3) is 5.69. The largest absolute Gasteiger partial charge is 0.502 e. The first-order chi connectivity index (χ1) is 9.91. The standard InChI is InChI=1S/C16H21NO4/c1-12(2)17(15(19)11-14(18)16(20)21)10-6-9-13-7-4-3-5-8-13/h3-5,7-8,11-12,18H,6,9-10H2,1-2H3,(H,20,21)/b14-11-. The summed E-state index contributed by atoms with van der Waals surface area (Å²) in [6.07, 6.45) is 2.37. The lowest BCUT2D eigenvalue weighted by Gasteiger charge is -2.25. The minimum absolute atomic E-state index is 0.0638. The summed E-state index contributed by atoms with van der Waals surface area (Å²) in [4.78, 5) is 24.0. The fourth-order valence-electron chi connectivity index (χ4n) is 1.98. The van der Waals surface area contributed by atoms with Gasteiger partial charge in [0.1, 0.15) is 0 Å². The molecule has 1 aromatic carbocycles. The summed E-state index contributed by atoms with van der Waals surface area (Å²) in [6.45, 7) is 4.22. The maximum atomic E-state index is 12.0. The molecule has 1 aromatic rings. The Morgan fingerprint density at radius 1 is 1.19 bits per heavy atom. The van der Waals surface area contributed by atoms with Crippen molar-refractivity contribution >= 4 is 11.9 Å². The van der Waals surface area contributed by atoms with Crippen LogP contribution in [0.25, 0.3) is 0 Å². The molecule has 21 heavy (non-hydrogen) atoms. The van der Waals surface area contributed by atoms with Crippen LogP contribution in [0.2, 0.25) is 0 Å². The van der Waals surface area contributed by atoms with Gasteiger partial charge in [-0.15, -0.1) is 0 Å². The average Bonchev–Trinajstić information content (AvgIpc) is 2.43. The van der Waals surface area contributed by atoms with Gasteiger partial charge in [-0.25, -0.2) is 4.79 Å². The molecule has 1 rings (SSSR count). The van der Waals surface area contributed by atoms with Gasteiger partial charge in [0.25, 0.3) is 5.91 Å². The molecule has 114 valence electrons. The zero-order chi connectivity index (χ0) is 15.8. The highest BCUT2D eigenvalue weighted by molar-refractivity contribution is 5.96. The Morgan fingerprint density at radius 3 is 2.33 bits per heavy atom. The van der Waals surface area contributed by atoms with Crippen molar-refractivity contribution < 1.29 is 19.8 Å². The normalized spacial score (nSPS) is 11.5. The van der Waals surface area contributed by atoms with Crippen LogP contribution in [0.3, 0.4) is 0 Å². The summed E-state index contributed by atoms with van der Waals surface area (Å²) in [5.41, 5.74) is 1.19. The molecule has 2 N–H and O–H groups in total. The Kier molecular flexibility index (Phi) is 6.46. The van der Waals surface area contributed by atoms with Gasteiger partial charge in [0.2, 0.25) is 5.76 Å². The maximum absolute atomic E-state index is 12.0. The highest BCUT2D eigenvalue weighted by Gasteiger charge is 2.17. The second kappa shape index (κ2) is 8.09. The van der Waals surface area contributed by atoms with Crippen molar-refractivity contribution in [3.05, 3.63) is 47.7 Å². The molecule has 0 aliphatic heterocycles. The lowest BCUT2D eigenvalue weighted by molar-refractivity contribution is -0.136. The van der Waals surface area contributed by atoms with E-state index in [1.54, 1.807) is 4.90 Å². The Hall–Kier alpha value is -2.30. The summed E-state index contributed by atoms with van der Waals surface area (Å²) in [5, 5.41) is 17.7. The van der Waals surface area contributed by atoms with Crippen LogP contribution >= 0.6 is 0 Å². The zero-order valence-corrected chi connectivity index (χ0v) is 12.3. The lowest BCUT2D eigenvalue weighted by atomic mass is 10.1. The number of carboxylic acid groups (broad SMARTS) is 1. The molecular weight excluding hydrogens is 270 g/mol. The van der Waals surface area contributed by atoms with E-state index in [1.807, 2.05) is 44.2 Å². The molecule has 0 radical (unpaired) electrons. The Morgan fingerprint density at radius 2 is 1.81 bits per heavy atom. The van der Waals surface area contributed by atoms with E-state index in [-0.39, 0.29) is 6.04 Å². The smallest absolute Gasteiger partial charge is 0.371 e. The second-order valence-corrected chi connectivity index (χ2v) is 5.05. The Balaban J connectivity index is 2.60. The van der Waals surface area contributed by atoms with E-state index in [1.165, 1.54) is 5.56 Å². The number of amides is 1. The summed E-state index contributed by atoms with van der Waals surface area (Å²) in [5.74, 6) is -2.93. The number of benzene rings is 1. The number of carbonyl (C=O) groups excluding carboxylic acids is 1. The molecule has 0 saturated carbocycles.